The Kier molecular flexibility index (Phi) is 5.40. The van der Waals surface area contributed by atoms with Gasteiger partial charge in [-0.2, -0.15) is 4.31 Å². The standard InChI is InChI=1S/C21H22F2N2O3S/c22-17-7-1-2-9-19(17)29(27,28)24-13-10-16(11-14-24)21(26)25-12-4-6-15-5-3-8-18(23)20(15)25/h1-3,5,7-9,16H,4,6,10-14H2. The molecule has 29 heavy (non-hydrogen) atoms. The third kappa shape index (κ3) is 3.67. The maximum atomic E-state index is 14.4. The molecule has 2 aromatic rings. The molecule has 0 saturated carbocycles. The molecule has 0 unspecified atom stereocenters. The summed E-state index contributed by atoms with van der Waals surface area (Å²) < 4.78 is 55.0. The first-order valence-corrected chi connectivity index (χ1v) is 11.2. The van der Waals surface area contributed by atoms with Crippen molar-refractivity contribution < 1.29 is 22.0 Å². The number of nitrogens with zero attached hydrogens (tertiary/aromatic N) is 2. The van der Waals surface area contributed by atoms with Crippen molar-refractivity contribution >= 4 is 21.6 Å². The Labute approximate surface area is 169 Å². The van der Waals surface area contributed by atoms with Crippen molar-refractivity contribution in [3.63, 3.8) is 0 Å². The van der Waals surface area contributed by atoms with Gasteiger partial charge in [-0.15, -0.1) is 0 Å². The van der Waals surface area contributed by atoms with Crippen LogP contribution in [0.2, 0.25) is 0 Å². The van der Waals surface area contributed by atoms with Crippen LogP contribution in [-0.2, 0) is 21.2 Å². The molecule has 0 atom stereocenters. The molecule has 8 heteroatoms. The molecule has 1 amide bonds. The van der Waals surface area contributed by atoms with E-state index in [1.165, 1.54) is 33.5 Å². The van der Waals surface area contributed by atoms with Crippen LogP contribution in [0, 0.1) is 17.6 Å². The van der Waals surface area contributed by atoms with Gasteiger partial charge in [0.15, 0.2) is 0 Å². The maximum Gasteiger partial charge on any atom is 0.245 e. The monoisotopic (exact) mass is 420 g/mol. The highest BCUT2D eigenvalue weighted by Gasteiger charge is 2.36. The van der Waals surface area contributed by atoms with Gasteiger partial charge in [0.1, 0.15) is 16.5 Å². The fraction of sp³-hybridized carbons (Fsp3) is 0.381. The highest BCUT2D eigenvalue weighted by atomic mass is 32.2. The second-order valence-electron chi connectivity index (χ2n) is 7.45. The molecule has 0 aliphatic carbocycles. The number of amides is 1. The summed E-state index contributed by atoms with van der Waals surface area (Å²) in [6.45, 7) is 0.719. The molecule has 2 aromatic carbocycles. The van der Waals surface area contributed by atoms with E-state index in [1.807, 2.05) is 6.07 Å². The van der Waals surface area contributed by atoms with E-state index < -0.39 is 21.7 Å². The number of rotatable bonds is 3. The topological polar surface area (TPSA) is 57.7 Å². The lowest BCUT2D eigenvalue weighted by Gasteiger charge is -2.36. The van der Waals surface area contributed by atoms with Crippen LogP contribution in [0.3, 0.4) is 0 Å². The first kappa shape index (κ1) is 20.0. The summed E-state index contributed by atoms with van der Waals surface area (Å²) in [5.74, 6) is -1.74. The van der Waals surface area contributed by atoms with E-state index in [2.05, 4.69) is 0 Å². The van der Waals surface area contributed by atoms with E-state index in [-0.39, 0.29) is 29.8 Å². The molecule has 0 N–H and O–H groups in total. The highest BCUT2D eigenvalue weighted by molar-refractivity contribution is 7.89. The van der Waals surface area contributed by atoms with Crippen LogP contribution in [0.4, 0.5) is 14.5 Å². The first-order valence-electron chi connectivity index (χ1n) is 9.73. The van der Waals surface area contributed by atoms with E-state index in [0.717, 1.165) is 24.5 Å². The van der Waals surface area contributed by atoms with Crippen molar-refractivity contribution in [3.05, 3.63) is 59.7 Å². The minimum Gasteiger partial charge on any atom is -0.309 e. The number of benzene rings is 2. The van der Waals surface area contributed by atoms with Crippen molar-refractivity contribution in [1.82, 2.24) is 4.31 Å². The molecule has 2 aliphatic heterocycles. The molecule has 4 rings (SSSR count). The summed E-state index contributed by atoms with van der Waals surface area (Å²) in [5, 5.41) is 0. The van der Waals surface area contributed by atoms with Gasteiger partial charge in [0.25, 0.3) is 0 Å². The Bertz CT molecular complexity index is 1030. The Morgan fingerprint density at radius 3 is 2.34 bits per heavy atom. The molecule has 0 radical (unpaired) electrons. The van der Waals surface area contributed by atoms with Gasteiger partial charge in [0.2, 0.25) is 15.9 Å². The zero-order valence-electron chi connectivity index (χ0n) is 15.9. The fourth-order valence-corrected chi connectivity index (χ4v) is 5.72. The summed E-state index contributed by atoms with van der Waals surface area (Å²) in [7, 11) is -3.95. The second-order valence-corrected chi connectivity index (χ2v) is 9.36. The van der Waals surface area contributed by atoms with Crippen LogP contribution in [0.1, 0.15) is 24.8 Å². The molecular formula is C21H22F2N2O3S. The molecular weight excluding hydrogens is 398 g/mol. The molecule has 5 nitrogen and oxygen atoms in total. The quantitative estimate of drug-likeness (QED) is 0.765. The summed E-state index contributed by atoms with van der Waals surface area (Å²) >= 11 is 0. The Morgan fingerprint density at radius 1 is 0.931 bits per heavy atom. The number of anilines is 1. The van der Waals surface area contributed by atoms with Crippen molar-refractivity contribution in [2.24, 2.45) is 5.92 Å². The maximum absolute atomic E-state index is 14.4. The third-order valence-electron chi connectivity index (χ3n) is 5.69. The summed E-state index contributed by atoms with van der Waals surface area (Å²) in [4.78, 5) is 14.2. The van der Waals surface area contributed by atoms with Gasteiger partial charge in [-0.3, -0.25) is 4.79 Å². The normalized spacial score (nSPS) is 18.5. The number of halogens is 2. The minimum absolute atomic E-state index is 0.130. The number of sulfonamides is 1. The molecule has 2 heterocycles. The fourth-order valence-electron chi connectivity index (χ4n) is 4.18. The zero-order valence-corrected chi connectivity index (χ0v) is 16.7. The molecule has 1 fully saturated rings. The van der Waals surface area contributed by atoms with E-state index >= 15 is 0 Å². The third-order valence-corrected chi connectivity index (χ3v) is 7.62. The van der Waals surface area contributed by atoms with E-state index in [9.17, 15) is 22.0 Å². The Balaban J connectivity index is 1.49. The van der Waals surface area contributed by atoms with Crippen molar-refractivity contribution in [3.8, 4) is 0 Å². The van der Waals surface area contributed by atoms with Crippen LogP contribution in [0.5, 0.6) is 0 Å². The molecule has 0 spiro atoms. The Morgan fingerprint density at radius 2 is 1.62 bits per heavy atom. The van der Waals surface area contributed by atoms with Gasteiger partial charge < -0.3 is 4.90 Å². The first-order chi connectivity index (χ1) is 13.9. The highest BCUT2D eigenvalue weighted by Crippen LogP contribution is 2.33. The second kappa shape index (κ2) is 7.84. The van der Waals surface area contributed by atoms with Gasteiger partial charge in [0.05, 0.1) is 5.69 Å². The van der Waals surface area contributed by atoms with E-state index in [4.69, 9.17) is 0 Å². The van der Waals surface area contributed by atoms with E-state index in [1.54, 1.807) is 6.07 Å². The number of carbonyl (C=O) groups excluding carboxylic acids is 1. The number of hydrogen-bond acceptors (Lipinski definition) is 3. The average molecular weight is 420 g/mol. The molecule has 2 aliphatic rings. The number of hydrogen-bond donors (Lipinski definition) is 0. The van der Waals surface area contributed by atoms with E-state index in [0.29, 0.717) is 25.1 Å². The SMILES string of the molecule is O=C(C1CCN(S(=O)(=O)c2ccccc2F)CC1)N1CCCc2cccc(F)c21. The number of aryl methyl sites for hydroxylation is 1. The van der Waals surface area contributed by atoms with Gasteiger partial charge in [-0.1, -0.05) is 24.3 Å². The number of fused-ring (bicyclic) bond motifs is 1. The smallest absolute Gasteiger partial charge is 0.245 e. The van der Waals surface area contributed by atoms with Crippen molar-refractivity contribution in [2.45, 2.75) is 30.6 Å². The van der Waals surface area contributed by atoms with Gasteiger partial charge in [0, 0.05) is 25.6 Å². The van der Waals surface area contributed by atoms with Crippen LogP contribution < -0.4 is 4.90 Å². The molecule has 0 aromatic heterocycles. The van der Waals surface area contributed by atoms with Crippen LogP contribution in [0.25, 0.3) is 0 Å². The van der Waals surface area contributed by atoms with Crippen molar-refractivity contribution in [2.75, 3.05) is 24.5 Å². The number of carbonyl (C=O) groups is 1. The predicted molar refractivity (Wildman–Crippen MR) is 105 cm³/mol. The lowest BCUT2D eigenvalue weighted by atomic mass is 9.94. The van der Waals surface area contributed by atoms with Crippen LogP contribution in [0.15, 0.2) is 47.4 Å². The van der Waals surface area contributed by atoms with Gasteiger partial charge >= 0.3 is 0 Å². The largest absolute Gasteiger partial charge is 0.309 e. The van der Waals surface area contributed by atoms with Gasteiger partial charge in [-0.25, -0.2) is 17.2 Å². The summed E-state index contributed by atoms with van der Waals surface area (Å²) in [5.41, 5.74) is 1.18. The summed E-state index contributed by atoms with van der Waals surface area (Å²) in [6.07, 6.45) is 2.15. The molecule has 0 bridgehead atoms. The lowest BCUT2D eigenvalue weighted by Crippen LogP contribution is -2.46. The van der Waals surface area contributed by atoms with Gasteiger partial charge in [-0.05, 0) is 49.4 Å². The lowest BCUT2D eigenvalue weighted by molar-refractivity contribution is -0.123. The molecule has 154 valence electrons. The van der Waals surface area contributed by atoms with Crippen LogP contribution in [-0.4, -0.2) is 38.3 Å². The Hall–Kier alpha value is -2.32. The number of piperidine rings is 1. The average Bonchev–Trinajstić information content (AvgIpc) is 2.73. The minimum atomic E-state index is -3.95. The van der Waals surface area contributed by atoms with Crippen molar-refractivity contribution in [1.29, 1.82) is 0 Å². The number of para-hydroxylation sites is 1. The van der Waals surface area contributed by atoms with Crippen LogP contribution >= 0.6 is 0 Å². The zero-order chi connectivity index (χ0) is 20.6. The summed E-state index contributed by atoms with van der Waals surface area (Å²) in [6, 6.07) is 10.1. The molecule has 1 saturated heterocycles. The predicted octanol–water partition coefficient (Wildman–Crippen LogP) is 3.34.